The zero-order valence-corrected chi connectivity index (χ0v) is 14.1. The van der Waals surface area contributed by atoms with E-state index in [1.54, 1.807) is 32.3 Å². The smallest absolute Gasteiger partial charge is 0.253 e. The maximum atomic E-state index is 12.5. The summed E-state index contributed by atoms with van der Waals surface area (Å²) >= 11 is 0. The van der Waals surface area contributed by atoms with E-state index in [9.17, 15) is 9.59 Å². The zero-order valence-electron chi connectivity index (χ0n) is 13.3. The van der Waals surface area contributed by atoms with Crippen molar-refractivity contribution in [3.05, 3.63) is 29.8 Å². The molecule has 2 N–H and O–H groups in total. The molecule has 22 heavy (non-hydrogen) atoms. The van der Waals surface area contributed by atoms with Crippen LogP contribution in [0.5, 0.6) is 0 Å². The van der Waals surface area contributed by atoms with Crippen LogP contribution in [0.3, 0.4) is 0 Å². The molecule has 1 atom stereocenters. The number of nitrogens with zero attached hydrogens (tertiary/aromatic N) is 1. The molecule has 122 valence electrons. The Balaban J connectivity index is 0.00000242. The van der Waals surface area contributed by atoms with Gasteiger partial charge in [-0.25, -0.2) is 0 Å². The van der Waals surface area contributed by atoms with Crippen LogP contribution in [-0.4, -0.2) is 43.9 Å². The third kappa shape index (κ3) is 4.21. The maximum Gasteiger partial charge on any atom is 0.253 e. The molecule has 0 aromatic heterocycles. The number of nitrogens with one attached hydrogen (secondary N) is 2. The first-order valence-corrected chi connectivity index (χ1v) is 7.26. The van der Waals surface area contributed by atoms with Gasteiger partial charge in [-0.15, -0.1) is 12.4 Å². The maximum absolute atomic E-state index is 12.5. The van der Waals surface area contributed by atoms with Crippen LogP contribution in [0.2, 0.25) is 0 Å². The Bertz CT molecular complexity index is 540. The van der Waals surface area contributed by atoms with E-state index in [0.717, 1.165) is 19.4 Å². The molecule has 0 radical (unpaired) electrons. The van der Waals surface area contributed by atoms with E-state index in [4.69, 9.17) is 0 Å². The van der Waals surface area contributed by atoms with Gasteiger partial charge < -0.3 is 15.5 Å². The van der Waals surface area contributed by atoms with Gasteiger partial charge >= 0.3 is 0 Å². The van der Waals surface area contributed by atoms with Crippen molar-refractivity contribution in [1.29, 1.82) is 0 Å². The summed E-state index contributed by atoms with van der Waals surface area (Å²) < 4.78 is 0. The number of hydrogen-bond donors (Lipinski definition) is 2. The average Bonchev–Trinajstić information content (AvgIpc) is 2.47. The first-order valence-electron chi connectivity index (χ1n) is 7.26. The minimum absolute atomic E-state index is 0. The molecule has 1 fully saturated rings. The zero-order chi connectivity index (χ0) is 15.5. The van der Waals surface area contributed by atoms with Crippen LogP contribution in [0.25, 0.3) is 0 Å². The van der Waals surface area contributed by atoms with Gasteiger partial charge in [0.2, 0.25) is 5.91 Å². The van der Waals surface area contributed by atoms with Gasteiger partial charge in [0.05, 0.1) is 5.41 Å². The highest BCUT2D eigenvalue weighted by Crippen LogP contribution is 2.27. The molecule has 0 bridgehead atoms. The lowest BCUT2D eigenvalue weighted by molar-refractivity contribution is -0.125. The number of carbonyl (C=O) groups excluding carboxylic acids is 2. The van der Waals surface area contributed by atoms with Crippen molar-refractivity contribution in [3.63, 3.8) is 0 Å². The fourth-order valence-electron chi connectivity index (χ4n) is 2.52. The number of anilines is 1. The van der Waals surface area contributed by atoms with Crippen molar-refractivity contribution in [1.82, 2.24) is 10.2 Å². The number of rotatable bonds is 3. The van der Waals surface area contributed by atoms with Crippen LogP contribution in [0.4, 0.5) is 5.69 Å². The molecule has 1 aromatic carbocycles. The molecular formula is C16H24ClN3O2. The number of halogens is 1. The van der Waals surface area contributed by atoms with Crippen molar-refractivity contribution >= 4 is 29.9 Å². The number of benzene rings is 1. The van der Waals surface area contributed by atoms with Gasteiger partial charge in [0.15, 0.2) is 0 Å². The number of piperidine rings is 1. The van der Waals surface area contributed by atoms with E-state index in [0.29, 0.717) is 17.8 Å². The van der Waals surface area contributed by atoms with Gasteiger partial charge in [-0.1, -0.05) is 6.07 Å². The van der Waals surface area contributed by atoms with Crippen LogP contribution in [0.15, 0.2) is 24.3 Å². The van der Waals surface area contributed by atoms with E-state index in [-0.39, 0.29) is 29.6 Å². The average molecular weight is 326 g/mol. The SMILES string of the molecule is CN(C)C(=O)c1cccc(NC(=O)C2(C)CCCNC2)c1.Cl. The number of hydrogen-bond acceptors (Lipinski definition) is 3. The van der Waals surface area contributed by atoms with E-state index in [1.165, 1.54) is 4.90 Å². The topological polar surface area (TPSA) is 61.4 Å². The van der Waals surface area contributed by atoms with Crippen LogP contribution < -0.4 is 10.6 Å². The van der Waals surface area contributed by atoms with Gasteiger partial charge in [0, 0.05) is 31.9 Å². The third-order valence-electron chi connectivity index (χ3n) is 3.92. The Hall–Kier alpha value is -1.59. The van der Waals surface area contributed by atoms with Crippen LogP contribution >= 0.6 is 12.4 Å². The molecule has 1 aliphatic rings. The minimum Gasteiger partial charge on any atom is -0.345 e. The Labute approximate surface area is 137 Å². The Morgan fingerprint density at radius 3 is 2.64 bits per heavy atom. The molecule has 1 unspecified atom stereocenters. The van der Waals surface area contributed by atoms with Gasteiger partial charge in [-0.2, -0.15) is 0 Å². The molecule has 0 spiro atoms. The lowest BCUT2D eigenvalue weighted by atomic mass is 9.82. The molecule has 0 saturated carbocycles. The molecule has 5 nitrogen and oxygen atoms in total. The predicted molar refractivity (Wildman–Crippen MR) is 90.5 cm³/mol. The molecule has 0 aliphatic carbocycles. The summed E-state index contributed by atoms with van der Waals surface area (Å²) in [7, 11) is 3.42. The lowest BCUT2D eigenvalue weighted by Crippen LogP contribution is -2.46. The summed E-state index contributed by atoms with van der Waals surface area (Å²) in [5.74, 6) is -0.0687. The number of amides is 2. The first-order chi connectivity index (χ1) is 9.92. The highest BCUT2D eigenvalue weighted by molar-refractivity contribution is 5.98. The van der Waals surface area contributed by atoms with E-state index >= 15 is 0 Å². The quantitative estimate of drug-likeness (QED) is 0.895. The van der Waals surface area contributed by atoms with E-state index in [2.05, 4.69) is 10.6 Å². The van der Waals surface area contributed by atoms with E-state index in [1.807, 2.05) is 13.0 Å². The summed E-state index contributed by atoms with van der Waals surface area (Å²) in [5, 5.41) is 6.20. The standard InChI is InChI=1S/C16H23N3O2.ClH/c1-16(8-5-9-17-11-16)15(21)18-13-7-4-6-12(10-13)14(20)19(2)3;/h4,6-7,10,17H,5,8-9,11H2,1-3H3,(H,18,21);1H. The monoisotopic (exact) mass is 325 g/mol. The van der Waals surface area contributed by atoms with Crippen molar-refractivity contribution in [3.8, 4) is 0 Å². The Morgan fingerprint density at radius 2 is 2.05 bits per heavy atom. The van der Waals surface area contributed by atoms with Crippen molar-refractivity contribution < 1.29 is 9.59 Å². The fourth-order valence-corrected chi connectivity index (χ4v) is 2.52. The largest absolute Gasteiger partial charge is 0.345 e. The summed E-state index contributed by atoms with van der Waals surface area (Å²) in [6.45, 7) is 3.63. The predicted octanol–water partition coefficient (Wildman–Crippen LogP) is 2.14. The van der Waals surface area contributed by atoms with Crippen LogP contribution in [-0.2, 0) is 4.79 Å². The second-order valence-electron chi connectivity index (χ2n) is 6.08. The first kappa shape index (κ1) is 18.5. The molecule has 2 amide bonds. The van der Waals surface area contributed by atoms with Crippen LogP contribution in [0, 0.1) is 5.41 Å². The summed E-state index contributed by atoms with van der Waals surface area (Å²) in [5.41, 5.74) is 0.851. The fraction of sp³-hybridized carbons (Fsp3) is 0.500. The molecule has 1 saturated heterocycles. The second kappa shape index (κ2) is 7.61. The number of carbonyl (C=O) groups is 2. The second-order valence-corrected chi connectivity index (χ2v) is 6.08. The van der Waals surface area contributed by atoms with Gasteiger partial charge in [0.1, 0.15) is 0 Å². The van der Waals surface area contributed by atoms with Gasteiger partial charge in [-0.3, -0.25) is 9.59 Å². The highest BCUT2D eigenvalue weighted by Gasteiger charge is 2.34. The molecule has 1 heterocycles. The van der Waals surface area contributed by atoms with Gasteiger partial charge in [0.25, 0.3) is 5.91 Å². The summed E-state index contributed by atoms with van der Waals surface area (Å²) in [6, 6.07) is 7.07. The Morgan fingerprint density at radius 1 is 1.32 bits per heavy atom. The molecule has 1 aromatic rings. The minimum atomic E-state index is -0.389. The van der Waals surface area contributed by atoms with Gasteiger partial charge in [-0.05, 0) is 44.5 Å². The summed E-state index contributed by atoms with van der Waals surface area (Å²) in [6.07, 6.45) is 1.88. The summed E-state index contributed by atoms with van der Waals surface area (Å²) in [4.78, 5) is 25.9. The van der Waals surface area contributed by atoms with Crippen molar-refractivity contribution in [2.24, 2.45) is 5.41 Å². The molecular weight excluding hydrogens is 302 g/mol. The highest BCUT2D eigenvalue weighted by atomic mass is 35.5. The lowest BCUT2D eigenvalue weighted by Gasteiger charge is -2.32. The normalized spacial score (nSPS) is 20.7. The third-order valence-corrected chi connectivity index (χ3v) is 3.92. The van der Waals surface area contributed by atoms with Crippen LogP contribution in [0.1, 0.15) is 30.1 Å². The molecule has 6 heteroatoms. The molecule has 1 aliphatic heterocycles. The molecule has 2 rings (SSSR count). The van der Waals surface area contributed by atoms with Crippen molar-refractivity contribution in [2.45, 2.75) is 19.8 Å². The van der Waals surface area contributed by atoms with Crippen molar-refractivity contribution in [2.75, 3.05) is 32.5 Å². The Kier molecular flexibility index (Phi) is 6.38. The van der Waals surface area contributed by atoms with E-state index < -0.39 is 0 Å².